The summed E-state index contributed by atoms with van der Waals surface area (Å²) in [5, 5.41) is 8.14. The average Bonchev–Trinajstić information content (AvgIpc) is 1.92. The molecule has 0 saturated heterocycles. The summed E-state index contributed by atoms with van der Waals surface area (Å²) in [7, 11) is 4.76. The number of rotatable bonds is 4. The molecule has 0 aromatic heterocycles. The SMILES string of the molecule is CCCCCC(=O)O.[Cl][Zn]. The van der Waals surface area contributed by atoms with Crippen LogP contribution in [0.5, 0.6) is 0 Å². The van der Waals surface area contributed by atoms with Crippen LogP contribution in [0.25, 0.3) is 0 Å². The minimum atomic E-state index is -0.682. The molecule has 0 aliphatic heterocycles. The number of unbranched alkanes of at least 4 members (excludes halogenated alkanes) is 2. The van der Waals surface area contributed by atoms with Crippen LogP contribution in [-0.2, 0) is 22.1 Å². The van der Waals surface area contributed by atoms with Crippen LogP contribution in [-0.4, -0.2) is 11.1 Å². The van der Waals surface area contributed by atoms with E-state index in [1.54, 1.807) is 0 Å². The van der Waals surface area contributed by atoms with Crippen LogP contribution in [0.15, 0.2) is 0 Å². The van der Waals surface area contributed by atoms with Crippen molar-refractivity contribution in [1.82, 2.24) is 0 Å². The number of carboxylic acids is 1. The molecule has 0 spiro atoms. The number of carbonyl (C=O) groups is 1. The molecule has 0 aliphatic carbocycles. The van der Waals surface area contributed by atoms with E-state index in [1.165, 1.54) is 0 Å². The first-order valence-electron chi connectivity index (χ1n) is 3.26. The van der Waals surface area contributed by atoms with Gasteiger partial charge in [0.15, 0.2) is 0 Å². The van der Waals surface area contributed by atoms with Crippen LogP contribution in [0.4, 0.5) is 0 Å². The summed E-state index contributed by atoms with van der Waals surface area (Å²) in [5.41, 5.74) is 0. The quantitative estimate of drug-likeness (QED) is 0.579. The summed E-state index contributed by atoms with van der Waals surface area (Å²) in [4.78, 5) is 9.87. The number of halogens is 1. The molecule has 0 heterocycles. The van der Waals surface area contributed by atoms with E-state index < -0.39 is 5.97 Å². The van der Waals surface area contributed by atoms with E-state index >= 15 is 0 Å². The molecule has 2 nitrogen and oxygen atoms in total. The molecule has 0 amide bonds. The van der Waals surface area contributed by atoms with Gasteiger partial charge in [-0.3, -0.25) is 4.79 Å². The van der Waals surface area contributed by atoms with E-state index in [4.69, 9.17) is 14.8 Å². The van der Waals surface area contributed by atoms with Crippen LogP contribution in [0.3, 0.4) is 0 Å². The van der Waals surface area contributed by atoms with E-state index in [0.717, 1.165) is 36.6 Å². The van der Waals surface area contributed by atoms with Gasteiger partial charge in [-0.25, -0.2) is 0 Å². The summed E-state index contributed by atoms with van der Waals surface area (Å²) >= 11 is 0.847. The molecule has 0 atom stereocenters. The van der Waals surface area contributed by atoms with Crippen LogP contribution >= 0.6 is 9.69 Å². The molecule has 4 heteroatoms. The molecule has 0 saturated carbocycles. The molecule has 1 N–H and O–H groups in total. The molecule has 10 heavy (non-hydrogen) atoms. The first-order valence-corrected chi connectivity index (χ1v) is 7.15. The van der Waals surface area contributed by atoms with Crippen molar-refractivity contribution < 1.29 is 27.2 Å². The van der Waals surface area contributed by atoms with Crippen molar-refractivity contribution in [2.75, 3.05) is 0 Å². The third kappa shape index (κ3) is 15.8. The maximum absolute atomic E-state index is 9.87. The fourth-order valence-electron chi connectivity index (χ4n) is 0.526. The van der Waals surface area contributed by atoms with Gasteiger partial charge in [0.1, 0.15) is 0 Å². The summed E-state index contributed by atoms with van der Waals surface area (Å²) in [6, 6.07) is 0. The molecular formula is C6H12ClO2Zn. The van der Waals surface area contributed by atoms with Crippen LogP contribution in [0.1, 0.15) is 32.6 Å². The van der Waals surface area contributed by atoms with E-state index in [9.17, 15) is 4.79 Å². The Labute approximate surface area is 75.7 Å². The summed E-state index contributed by atoms with van der Waals surface area (Å²) in [5.74, 6) is -0.682. The molecule has 0 aromatic carbocycles. The topological polar surface area (TPSA) is 37.3 Å². The Bertz CT molecular complexity index is 78.1. The fourth-order valence-corrected chi connectivity index (χ4v) is 0.526. The van der Waals surface area contributed by atoms with E-state index in [0.29, 0.717) is 6.42 Å². The van der Waals surface area contributed by atoms with Crippen molar-refractivity contribution in [2.24, 2.45) is 0 Å². The number of carboxylic acid groups (broad SMARTS) is 1. The van der Waals surface area contributed by atoms with Crippen molar-refractivity contribution >= 4 is 15.7 Å². The van der Waals surface area contributed by atoms with Gasteiger partial charge in [-0.2, -0.15) is 0 Å². The molecule has 57 valence electrons. The molecule has 0 bridgehead atoms. The zero-order chi connectivity index (χ0) is 8.41. The molecular weight excluding hydrogens is 205 g/mol. The Morgan fingerprint density at radius 2 is 2.00 bits per heavy atom. The Balaban J connectivity index is 0. The van der Waals surface area contributed by atoms with Gasteiger partial charge in [-0.05, 0) is 6.42 Å². The monoisotopic (exact) mass is 215 g/mol. The first-order chi connectivity index (χ1) is 4.77. The van der Waals surface area contributed by atoms with Gasteiger partial charge in [-0.1, -0.05) is 19.8 Å². The van der Waals surface area contributed by atoms with Gasteiger partial charge in [0.05, 0.1) is 0 Å². The Morgan fingerprint density at radius 1 is 1.50 bits per heavy atom. The van der Waals surface area contributed by atoms with Crippen molar-refractivity contribution in [2.45, 2.75) is 32.6 Å². The van der Waals surface area contributed by atoms with Crippen LogP contribution < -0.4 is 0 Å². The molecule has 0 radical (unpaired) electrons. The molecule has 0 unspecified atom stereocenters. The van der Waals surface area contributed by atoms with Crippen LogP contribution in [0.2, 0.25) is 0 Å². The fraction of sp³-hybridized carbons (Fsp3) is 0.833. The van der Waals surface area contributed by atoms with Crippen molar-refractivity contribution in [3.8, 4) is 0 Å². The second-order valence-electron chi connectivity index (χ2n) is 1.85. The van der Waals surface area contributed by atoms with Crippen LogP contribution in [0, 0.1) is 0 Å². The summed E-state index contributed by atoms with van der Waals surface area (Å²) < 4.78 is 0. The summed E-state index contributed by atoms with van der Waals surface area (Å²) in [6.45, 7) is 2.06. The van der Waals surface area contributed by atoms with Gasteiger partial charge >= 0.3 is 33.0 Å². The van der Waals surface area contributed by atoms with Crippen molar-refractivity contribution in [1.29, 1.82) is 0 Å². The molecule has 0 rings (SSSR count). The second-order valence-corrected chi connectivity index (χ2v) is 1.85. The maximum atomic E-state index is 9.87. The summed E-state index contributed by atoms with van der Waals surface area (Å²) in [6.07, 6.45) is 3.28. The average molecular weight is 217 g/mol. The number of hydrogen-bond acceptors (Lipinski definition) is 1. The van der Waals surface area contributed by atoms with Crippen molar-refractivity contribution in [3.63, 3.8) is 0 Å². The minimum absolute atomic E-state index is 0.327. The third-order valence-corrected chi connectivity index (χ3v) is 0.994. The molecule has 0 aromatic rings. The van der Waals surface area contributed by atoms with Gasteiger partial charge < -0.3 is 5.11 Å². The Morgan fingerprint density at radius 3 is 2.30 bits per heavy atom. The van der Waals surface area contributed by atoms with Gasteiger partial charge in [0.25, 0.3) is 0 Å². The Kier molecular flexibility index (Phi) is 15.7. The third-order valence-electron chi connectivity index (χ3n) is 0.994. The van der Waals surface area contributed by atoms with E-state index in [2.05, 4.69) is 6.92 Å². The standard InChI is InChI=1S/C6H12O2.ClH.Zn/c1-2-3-4-5-6(7)8;;/h2-5H2,1H3,(H,7,8);1H;/q;;+1/p-1. The van der Waals surface area contributed by atoms with Gasteiger partial charge in [-0.15, -0.1) is 0 Å². The molecule has 0 fully saturated rings. The second kappa shape index (κ2) is 12.1. The zero-order valence-electron chi connectivity index (χ0n) is 6.27. The zero-order valence-corrected chi connectivity index (χ0v) is 9.99. The Hall–Kier alpha value is 0.383. The van der Waals surface area contributed by atoms with E-state index in [-0.39, 0.29) is 0 Å². The van der Waals surface area contributed by atoms with Gasteiger partial charge in [0.2, 0.25) is 0 Å². The first kappa shape index (κ1) is 13.0. The van der Waals surface area contributed by atoms with Gasteiger partial charge in [0, 0.05) is 6.42 Å². The molecule has 0 aliphatic rings. The number of aliphatic carboxylic acids is 1. The van der Waals surface area contributed by atoms with Crippen molar-refractivity contribution in [3.05, 3.63) is 0 Å². The predicted molar refractivity (Wildman–Crippen MR) is 37.6 cm³/mol. The normalized spacial score (nSPS) is 8.00. The predicted octanol–water partition coefficient (Wildman–Crippen LogP) is 2.34. The number of hydrogen-bond donors (Lipinski definition) is 1. The van der Waals surface area contributed by atoms with E-state index in [1.807, 2.05) is 0 Å².